The van der Waals surface area contributed by atoms with Crippen molar-refractivity contribution < 1.29 is 9.59 Å². The Morgan fingerprint density at radius 3 is 2.81 bits per heavy atom. The van der Waals surface area contributed by atoms with E-state index in [1.54, 1.807) is 0 Å². The second-order valence-electron chi connectivity index (χ2n) is 8.48. The predicted octanol–water partition coefficient (Wildman–Crippen LogP) is 2.97. The van der Waals surface area contributed by atoms with Crippen LogP contribution in [0.1, 0.15) is 56.2 Å². The van der Waals surface area contributed by atoms with E-state index in [1.807, 2.05) is 6.07 Å². The summed E-state index contributed by atoms with van der Waals surface area (Å²) in [7, 11) is 0. The first kappa shape index (κ1) is 17.5. The summed E-state index contributed by atoms with van der Waals surface area (Å²) < 4.78 is 0. The summed E-state index contributed by atoms with van der Waals surface area (Å²) in [6.45, 7) is 6.55. The molecule has 1 saturated heterocycles. The van der Waals surface area contributed by atoms with Crippen LogP contribution >= 0.6 is 0 Å². The van der Waals surface area contributed by atoms with Gasteiger partial charge < -0.3 is 10.6 Å². The Hall–Kier alpha value is -1.88. The zero-order valence-electron chi connectivity index (χ0n) is 15.8. The SMILES string of the molecule is CC(C)CCC1(C2CC2)NC(=O)N(Cc2cccc3c2CCNC3)C1=O. The summed E-state index contributed by atoms with van der Waals surface area (Å²) in [5.41, 5.74) is 3.05. The van der Waals surface area contributed by atoms with Crippen molar-refractivity contribution in [2.24, 2.45) is 11.8 Å². The Bertz CT molecular complexity index is 726. The number of carbonyl (C=O) groups excluding carboxylic acids is 2. The van der Waals surface area contributed by atoms with E-state index in [0.29, 0.717) is 18.4 Å². The number of rotatable bonds is 6. The van der Waals surface area contributed by atoms with Crippen molar-refractivity contribution in [2.75, 3.05) is 6.54 Å². The van der Waals surface area contributed by atoms with Gasteiger partial charge in [-0.25, -0.2) is 4.79 Å². The number of urea groups is 1. The number of hydrogen-bond acceptors (Lipinski definition) is 3. The minimum atomic E-state index is -0.655. The smallest absolute Gasteiger partial charge is 0.323 e. The molecule has 140 valence electrons. The third kappa shape index (κ3) is 3.02. The number of carbonyl (C=O) groups is 2. The van der Waals surface area contributed by atoms with Crippen molar-refractivity contribution in [3.63, 3.8) is 0 Å². The molecule has 0 radical (unpaired) electrons. The van der Waals surface area contributed by atoms with E-state index in [0.717, 1.165) is 50.8 Å². The van der Waals surface area contributed by atoms with Crippen LogP contribution in [0, 0.1) is 11.8 Å². The van der Waals surface area contributed by atoms with E-state index in [2.05, 4.69) is 36.6 Å². The molecule has 4 rings (SSSR count). The normalized spacial score (nSPS) is 25.6. The van der Waals surface area contributed by atoms with E-state index in [1.165, 1.54) is 16.0 Å². The zero-order chi connectivity index (χ0) is 18.3. The van der Waals surface area contributed by atoms with Gasteiger partial charge in [-0.3, -0.25) is 9.69 Å². The Morgan fingerprint density at radius 2 is 2.08 bits per heavy atom. The molecular weight excluding hydrogens is 326 g/mol. The van der Waals surface area contributed by atoms with Crippen molar-refractivity contribution in [1.82, 2.24) is 15.5 Å². The fraction of sp³-hybridized carbons (Fsp3) is 0.619. The van der Waals surface area contributed by atoms with E-state index in [-0.39, 0.29) is 11.9 Å². The van der Waals surface area contributed by atoms with Crippen LogP contribution in [0.4, 0.5) is 4.79 Å². The van der Waals surface area contributed by atoms with Crippen molar-refractivity contribution in [2.45, 2.75) is 64.6 Å². The van der Waals surface area contributed by atoms with Crippen LogP contribution in [0.3, 0.4) is 0 Å². The molecule has 5 nitrogen and oxygen atoms in total. The van der Waals surface area contributed by atoms with Crippen LogP contribution in [0.25, 0.3) is 0 Å². The molecule has 5 heteroatoms. The lowest BCUT2D eigenvalue weighted by atomic mass is 9.85. The third-order valence-electron chi connectivity index (χ3n) is 6.16. The maximum atomic E-state index is 13.3. The van der Waals surface area contributed by atoms with Crippen LogP contribution < -0.4 is 10.6 Å². The van der Waals surface area contributed by atoms with Gasteiger partial charge in [0.15, 0.2) is 0 Å². The van der Waals surface area contributed by atoms with Gasteiger partial charge in [-0.05, 0) is 67.2 Å². The molecule has 0 bridgehead atoms. The van der Waals surface area contributed by atoms with Crippen LogP contribution in [0.2, 0.25) is 0 Å². The maximum absolute atomic E-state index is 13.3. The molecule has 3 aliphatic rings. The van der Waals surface area contributed by atoms with Gasteiger partial charge in [0.1, 0.15) is 5.54 Å². The van der Waals surface area contributed by atoms with Gasteiger partial charge in [0, 0.05) is 6.54 Å². The van der Waals surface area contributed by atoms with Gasteiger partial charge in [-0.1, -0.05) is 32.0 Å². The highest BCUT2D eigenvalue weighted by molar-refractivity contribution is 6.07. The second kappa shape index (κ2) is 6.69. The monoisotopic (exact) mass is 355 g/mol. The van der Waals surface area contributed by atoms with Gasteiger partial charge in [0.05, 0.1) is 6.54 Å². The number of amides is 3. The molecule has 1 unspecified atom stereocenters. The molecule has 2 heterocycles. The number of fused-ring (bicyclic) bond motifs is 1. The third-order valence-corrected chi connectivity index (χ3v) is 6.16. The van der Waals surface area contributed by atoms with E-state index in [4.69, 9.17) is 0 Å². The molecular formula is C21H29N3O2. The van der Waals surface area contributed by atoms with Crippen molar-refractivity contribution >= 4 is 11.9 Å². The maximum Gasteiger partial charge on any atom is 0.325 e. The van der Waals surface area contributed by atoms with E-state index < -0.39 is 5.54 Å². The Morgan fingerprint density at radius 1 is 1.27 bits per heavy atom. The lowest BCUT2D eigenvalue weighted by Gasteiger charge is -2.28. The van der Waals surface area contributed by atoms with Gasteiger partial charge >= 0.3 is 6.03 Å². The van der Waals surface area contributed by atoms with Gasteiger partial charge in [0.25, 0.3) is 5.91 Å². The Balaban J connectivity index is 1.58. The van der Waals surface area contributed by atoms with Gasteiger partial charge in [-0.15, -0.1) is 0 Å². The van der Waals surface area contributed by atoms with Crippen LogP contribution in [-0.2, 0) is 24.3 Å². The molecule has 1 aromatic carbocycles. The molecule has 1 aromatic rings. The molecule has 1 atom stereocenters. The summed E-state index contributed by atoms with van der Waals surface area (Å²) in [6.07, 6.45) is 4.76. The fourth-order valence-corrected chi connectivity index (χ4v) is 4.46. The van der Waals surface area contributed by atoms with Gasteiger partial charge in [0.2, 0.25) is 0 Å². The molecule has 2 fully saturated rings. The molecule has 0 aromatic heterocycles. The molecule has 26 heavy (non-hydrogen) atoms. The number of imide groups is 1. The highest BCUT2D eigenvalue weighted by Crippen LogP contribution is 2.46. The predicted molar refractivity (Wildman–Crippen MR) is 100 cm³/mol. The van der Waals surface area contributed by atoms with Gasteiger partial charge in [-0.2, -0.15) is 0 Å². The van der Waals surface area contributed by atoms with Crippen molar-refractivity contribution in [3.8, 4) is 0 Å². The fourth-order valence-electron chi connectivity index (χ4n) is 4.46. The summed E-state index contributed by atoms with van der Waals surface area (Å²) in [6, 6.07) is 6.02. The highest BCUT2D eigenvalue weighted by Gasteiger charge is 2.58. The molecule has 2 N–H and O–H groups in total. The minimum Gasteiger partial charge on any atom is -0.323 e. The van der Waals surface area contributed by atoms with Crippen LogP contribution in [0.15, 0.2) is 18.2 Å². The number of benzene rings is 1. The van der Waals surface area contributed by atoms with Crippen molar-refractivity contribution in [1.29, 1.82) is 0 Å². The molecule has 1 aliphatic carbocycles. The average Bonchev–Trinajstić information content (AvgIpc) is 3.44. The summed E-state index contributed by atoms with van der Waals surface area (Å²) in [5.74, 6) is 0.840. The zero-order valence-corrected chi connectivity index (χ0v) is 15.8. The average molecular weight is 355 g/mol. The first-order valence-corrected chi connectivity index (χ1v) is 9.96. The van der Waals surface area contributed by atoms with E-state index >= 15 is 0 Å². The standard InChI is InChI=1S/C21H29N3O2/c1-14(2)8-10-21(17-6-7-17)19(25)24(20(26)23-21)13-16-5-3-4-15-12-22-11-9-18(15)16/h3-5,14,17,22H,6-13H2,1-2H3,(H,23,26). The quantitative estimate of drug-likeness (QED) is 0.771. The molecule has 0 spiro atoms. The number of nitrogens with zero attached hydrogens (tertiary/aromatic N) is 1. The van der Waals surface area contributed by atoms with Crippen molar-refractivity contribution in [3.05, 3.63) is 34.9 Å². The first-order chi connectivity index (χ1) is 12.5. The largest absolute Gasteiger partial charge is 0.325 e. The first-order valence-electron chi connectivity index (χ1n) is 9.96. The number of nitrogens with one attached hydrogen (secondary N) is 2. The molecule has 3 amide bonds. The molecule has 1 saturated carbocycles. The summed E-state index contributed by atoms with van der Waals surface area (Å²) in [5, 5.41) is 6.49. The number of hydrogen-bond donors (Lipinski definition) is 2. The molecule has 2 aliphatic heterocycles. The minimum absolute atomic E-state index is 0.00260. The Labute approximate surface area is 155 Å². The topological polar surface area (TPSA) is 61.4 Å². The Kier molecular flexibility index (Phi) is 4.51. The highest BCUT2D eigenvalue weighted by atomic mass is 16.2. The van der Waals surface area contributed by atoms with Crippen LogP contribution in [0.5, 0.6) is 0 Å². The van der Waals surface area contributed by atoms with Crippen LogP contribution in [-0.4, -0.2) is 28.9 Å². The summed E-state index contributed by atoms with van der Waals surface area (Å²) >= 11 is 0. The summed E-state index contributed by atoms with van der Waals surface area (Å²) in [4.78, 5) is 27.5. The van der Waals surface area contributed by atoms with E-state index in [9.17, 15) is 9.59 Å². The lowest BCUT2D eigenvalue weighted by molar-refractivity contribution is -0.132. The lowest BCUT2D eigenvalue weighted by Crippen LogP contribution is -2.49. The second-order valence-corrected chi connectivity index (χ2v) is 8.48.